The zero-order chi connectivity index (χ0) is 20.3. The lowest BCUT2D eigenvalue weighted by atomic mass is 10.1. The molecule has 26 heavy (non-hydrogen) atoms. The van der Waals surface area contributed by atoms with E-state index in [1.54, 1.807) is 6.92 Å². The average molecular weight is 382 g/mol. The highest BCUT2D eigenvalue weighted by Gasteiger charge is 2.44. The van der Waals surface area contributed by atoms with Crippen molar-refractivity contribution in [1.29, 1.82) is 0 Å². The maximum atomic E-state index is 12.7. The summed E-state index contributed by atoms with van der Waals surface area (Å²) in [6.45, 7) is 6.95. The number of rotatable bonds is 12. The Kier molecular flexibility index (Phi) is 10.6. The van der Waals surface area contributed by atoms with E-state index in [0.717, 1.165) is 25.7 Å². The minimum absolute atomic E-state index is 0.391. The van der Waals surface area contributed by atoms with Crippen molar-refractivity contribution < 1.29 is 42.1 Å². The summed E-state index contributed by atoms with van der Waals surface area (Å²) in [5.41, 5.74) is -0.534. The van der Waals surface area contributed by atoms with Crippen molar-refractivity contribution in [3.8, 4) is 0 Å². The van der Waals surface area contributed by atoms with Crippen molar-refractivity contribution in [3.05, 3.63) is 12.2 Å². The average Bonchev–Trinajstić information content (AvgIpc) is 2.49. The Morgan fingerprint density at radius 3 is 2.23 bits per heavy atom. The first-order valence-electron chi connectivity index (χ1n) is 8.34. The number of esters is 2. The van der Waals surface area contributed by atoms with Gasteiger partial charge in [-0.25, -0.2) is 4.79 Å². The lowest BCUT2D eigenvalue weighted by Gasteiger charge is -2.19. The van der Waals surface area contributed by atoms with Crippen molar-refractivity contribution in [2.24, 2.45) is 0 Å². The molecular formula is C17H25F3O6. The van der Waals surface area contributed by atoms with Crippen molar-refractivity contribution in [2.45, 2.75) is 77.2 Å². The largest absolute Gasteiger partial charge is 0.481 e. The number of carbonyl (C=O) groups excluding carboxylic acids is 2. The number of unbranched alkanes of at least 4 members (excludes halogenated alkanes) is 3. The van der Waals surface area contributed by atoms with Crippen molar-refractivity contribution in [2.75, 3.05) is 0 Å². The highest BCUT2D eigenvalue weighted by Crippen LogP contribution is 2.26. The molecule has 0 aromatic heterocycles. The molecule has 0 radical (unpaired) electrons. The van der Waals surface area contributed by atoms with E-state index >= 15 is 0 Å². The molecule has 150 valence electrons. The number of hydrogen-bond acceptors (Lipinski definition) is 5. The van der Waals surface area contributed by atoms with Gasteiger partial charge in [0.2, 0.25) is 6.10 Å². The van der Waals surface area contributed by atoms with E-state index in [-0.39, 0.29) is 0 Å². The van der Waals surface area contributed by atoms with E-state index in [0.29, 0.717) is 6.42 Å². The van der Waals surface area contributed by atoms with Crippen LogP contribution in [0.3, 0.4) is 0 Å². The minimum atomic E-state index is -5.04. The number of alkyl halides is 3. The summed E-state index contributed by atoms with van der Waals surface area (Å²) < 4.78 is 47.1. The molecular weight excluding hydrogens is 357 g/mol. The summed E-state index contributed by atoms with van der Waals surface area (Å²) in [4.78, 5) is 33.8. The van der Waals surface area contributed by atoms with Gasteiger partial charge in [-0.15, -0.1) is 0 Å². The van der Waals surface area contributed by atoms with Gasteiger partial charge in [0.1, 0.15) is 0 Å². The number of hydrogen-bond donors (Lipinski definition) is 1. The molecule has 0 aromatic rings. The fraction of sp³-hybridized carbons (Fsp3) is 0.706. The van der Waals surface area contributed by atoms with Crippen LogP contribution < -0.4 is 0 Å². The van der Waals surface area contributed by atoms with Gasteiger partial charge in [-0.3, -0.25) is 9.59 Å². The highest BCUT2D eigenvalue weighted by atomic mass is 19.4. The van der Waals surface area contributed by atoms with Crippen LogP contribution in [0.1, 0.15) is 58.8 Å². The van der Waals surface area contributed by atoms with E-state index in [4.69, 9.17) is 9.84 Å². The maximum Gasteiger partial charge on any atom is 0.426 e. The molecule has 0 fully saturated rings. The molecule has 6 nitrogen and oxygen atoms in total. The lowest BCUT2D eigenvalue weighted by molar-refractivity contribution is -0.222. The van der Waals surface area contributed by atoms with Crippen LogP contribution in [-0.2, 0) is 23.9 Å². The maximum absolute atomic E-state index is 12.7. The molecule has 0 saturated heterocycles. The summed E-state index contributed by atoms with van der Waals surface area (Å²) in [7, 11) is 0. The van der Waals surface area contributed by atoms with Crippen molar-refractivity contribution >= 4 is 17.9 Å². The van der Waals surface area contributed by atoms with Crippen molar-refractivity contribution in [1.82, 2.24) is 0 Å². The molecule has 0 spiro atoms. The predicted molar refractivity (Wildman–Crippen MR) is 86.3 cm³/mol. The molecule has 9 heteroatoms. The number of ether oxygens (including phenoxy) is 2. The topological polar surface area (TPSA) is 89.9 Å². The summed E-state index contributed by atoms with van der Waals surface area (Å²) in [6.07, 6.45) is -5.66. The van der Waals surface area contributed by atoms with Gasteiger partial charge in [0.15, 0.2) is 0 Å². The molecule has 0 unspecified atom stereocenters. The first-order chi connectivity index (χ1) is 12.0. The van der Waals surface area contributed by atoms with Crippen LogP contribution in [0.4, 0.5) is 13.2 Å². The second kappa shape index (κ2) is 11.5. The molecule has 0 saturated carbocycles. The molecule has 0 rings (SSSR count). The van der Waals surface area contributed by atoms with Gasteiger partial charge in [-0.1, -0.05) is 32.8 Å². The van der Waals surface area contributed by atoms with E-state index in [9.17, 15) is 27.6 Å². The van der Waals surface area contributed by atoms with Gasteiger partial charge in [0.25, 0.3) is 0 Å². The molecule has 0 aliphatic carbocycles. The standard InChI is InChI=1S/C17H25F3O6/c1-4-5-6-7-8-12(3)25-15(23)9-11(2)16(24)26-13(10-14(21)22)17(18,19)20/h12-13H,2,4-10H2,1,3H3,(H,21,22)/t12-,13-/m1/s1. The number of halogens is 3. The van der Waals surface area contributed by atoms with Gasteiger partial charge >= 0.3 is 24.1 Å². The molecule has 0 heterocycles. The summed E-state index contributed by atoms with van der Waals surface area (Å²) in [5.74, 6) is -4.07. The molecule has 1 N–H and O–H groups in total. The SMILES string of the molecule is C=C(CC(=O)O[C@H](C)CCCCCC)C(=O)O[C@H](CC(=O)O)C(F)(F)F. The van der Waals surface area contributed by atoms with Gasteiger partial charge in [0.05, 0.1) is 18.9 Å². The fourth-order valence-electron chi connectivity index (χ4n) is 2.03. The quantitative estimate of drug-likeness (QED) is 0.314. The smallest absolute Gasteiger partial charge is 0.426 e. The number of carboxylic acid groups (broad SMARTS) is 1. The zero-order valence-corrected chi connectivity index (χ0v) is 14.9. The lowest BCUT2D eigenvalue weighted by Crippen LogP contribution is -2.36. The van der Waals surface area contributed by atoms with Crippen LogP contribution in [-0.4, -0.2) is 41.4 Å². The van der Waals surface area contributed by atoms with E-state index in [1.165, 1.54) is 0 Å². The van der Waals surface area contributed by atoms with Crippen LogP contribution in [0.15, 0.2) is 12.2 Å². The summed E-state index contributed by atoms with van der Waals surface area (Å²) >= 11 is 0. The summed E-state index contributed by atoms with van der Waals surface area (Å²) in [5, 5.41) is 8.46. The number of aliphatic carboxylic acids is 1. The minimum Gasteiger partial charge on any atom is -0.481 e. The monoisotopic (exact) mass is 382 g/mol. The predicted octanol–water partition coefficient (Wildman–Crippen LogP) is 3.78. The summed E-state index contributed by atoms with van der Waals surface area (Å²) in [6, 6.07) is 0. The van der Waals surface area contributed by atoms with Crippen molar-refractivity contribution in [3.63, 3.8) is 0 Å². The Balaban J connectivity index is 4.44. The van der Waals surface area contributed by atoms with Gasteiger partial charge in [-0.2, -0.15) is 13.2 Å². The third kappa shape index (κ3) is 10.7. The Morgan fingerprint density at radius 1 is 1.12 bits per heavy atom. The molecule has 0 aromatic carbocycles. The second-order valence-electron chi connectivity index (χ2n) is 5.96. The first kappa shape index (κ1) is 23.9. The third-order valence-corrected chi connectivity index (χ3v) is 3.42. The van der Waals surface area contributed by atoms with Crippen LogP contribution in [0.5, 0.6) is 0 Å². The Bertz CT molecular complexity index is 501. The van der Waals surface area contributed by atoms with Gasteiger partial charge in [-0.05, 0) is 19.8 Å². The van der Waals surface area contributed by atoms with Crippen LogP contribution in [0.25, 0.3) is 0 Å². The fourth-order valence-corrected chi connectivity index (χ4v) is 2.03. The molecule has 0 aliphatic rings. The Hall–Kier alpha value is -2.06. The van der Waals surface area contributed by atoms with Gasteiger partial charge in [0, 0.05) is 5.57 Å². The molecule has 0 amide bonds. The first-order valence-corrected chi connectivity index (χ1v) is 8.34. The van der Waals surface area contributed by atoms with E-state index < -0.39 is 54.7 Å². The highest BCUT2D eigenvalue weighted by molar-refractivity contribution is 5.93. The Labute approximate surface area is 150 Å². The van der Waals surface area contributed by atoms with Crippen LogP contribution >= 0.6 is 0 Å². The molecule has 0 bridgehead atoms. The normalized spacial score (nSPS) is 13.6. The van der Waals surface area contributed by atoms with E-state index in [2.05, 4.69) is 18.2 Å². The van der Waals surface area contributed by atoms with E-state index in [1.807, 2.05) is 0 Å². The number of carboxylic acids is 1. The molecule has 2 atom stereocenters. The Morgan fingerprint density at radius 2 is 1.73 bits per heavy atom. The van der Waals surface area contributed by atoms with Crippen LogP contribution in [0.2, 0.25) is 0 Å². The zero-order valence-electron chi connectivity index (χ0n) is 14.9. The number of carbonyl (C=O) groups is 3. The van der Waals surface area contributed by atoms with Gasteiger partial charge < -0.3 is 14.6 Å². The molecule has 0 aliphatic heterocycles. The third-order valence-electron chi connectivity index (χ3n) is 3.42. The second-order valence-corrected chi connectivity index (χ2v) is 5.96. The van der Waals surface area contributed by atoms with Crippen LogP contribution in [0, 0.1) is 0 Å².